The van der Waals surface area contributed by atoms with Crippen molar-refractivity contribution >= 4 is 56.0 Å². The Hall–Kier alpha value is -2.58. The van der Waals surface area contributed by atoms with Crippen molar-refractivity contribution in [2.75, 3.05) is 17.2 Å². The van der Waals surface area contributed by atoms with Gasteiger partial charge in [-0.15, -0.1) is 11.8 Å². The minimum absolute atomic E-state index is 0.229. The molecule has 1 amide bonds. The van der Waals surface area contributed by atoms with Crippen LogP contribution < -0.4 is 10.5 Å². The number of carbonyl (C=O) groups excluding carboxylic acids is 2. The standard InChI is InChI=1S/C23H20BrNO5S/c1-13(2)20(21(26)25-9-10-31-19-6-4-3-5-17(19)25)30-23(28)18-11-14-7-8-15(24)12-16(14)22(27)29-18/h3-8,11-13,20H,9-10H2,1-2H3. The molecule has 31 heavy (non-hydrogen) atoms. The molecule has 8 heteroatoms. The summed E-state index contributed by atoms with van der Waals surface area (Å²) in [4.78, 5) is 41.1. The van der Waals surface area contributed by atoms with E-state index in [0.29, 0.717) is 17.3 Å². The Bertz CT molecular complexity index is 1220. The lowest BCUT2D eigenvalue weighted by atomic mass is 10.1. The van der Waals surface area contributed by atoms with Gasteiger partial charge in [0.05, 0.1) is 11.1 Å². The molecular weight excluding hydrogens is 482 g/mol. The van der Waals surface area contributed by atoms with Crippen molar-refractivity contribution in [1.82, 2.24) is 0 Å². The molecule has 160 valence electrons. The van der Waals surface area contributed by atoms with E-state index in [9.17, 15) is 14.4 Å². The van der Waals surface area contributed by atoms with Gasteiger partial charge in [-0.25, -0.2) is 9.59 Å². The Morgan fingerprint density at radius 3 is 2.71 bits per heavy atom. The first-order valence-corrected chi connectivity index (χ1v) is 11.6. The van der Waals surface area contributed by atoms with Crippen LogP contribution in [0.1, 0.15) is 24.4 Å². The minimum atomic E-state index is -1.01. The molecule has 3 aromatic rings. The van der Waals surface area contributed by atoms with Gasteiger partial charge in [-0.05, 0) is 41.6 Å². The number of anilines is 1. The number of benzene rings is 2. The fourth-order valence-electron chi connectivity index (χ4n) is 3.45. The Kier molecular flexibility index (Phi) is 6.20. The average molecular weight is 502 g/mol. The number of hydrogen-bond donors (Lipinski definition) is 0. The molecule has 2 aromatic carbocycles. The van der Waals surface area contributed by atoms with Gasteiger partial charge >= 0.3 is 11.6 Å². The first-order chi connectivity index (χ1) is 14.8. The molecule has 0 aliphatic carbocycles. The molecule has 0 bridgehead atoms. The van der Waals surface area contributed by atoms with Gasteiger partial charge in [0.1, 0.15) is 0 Å². The highest BCUT2D eigenvalue weighted by Gasteiger charge is 2.34. The molecular formula is C23H20BrNO5S. The highest BCUT2D eigenvalue weighted by atomic mass is 79.9. The first-order valence-electron chi connectivity index (χ1n) is 9.83. The van der Waals surface area contributed by atoms with Gasteiger partial charge in [-0.2, -0.15) is 0 Å². The summed E-state index contributed by atoms with van der Waals surface area (Å²) in [5, 5.41) is 0.908. The van der Waals surface area contributed by atoms with Gasteiger partial charge in [-0.1, -0.05) is 48.0 Å². The predicted octanol–water partition coefficient (Wildman–Crippen LogP) is 4.88. The fourth-order valence-corrected chi connectivity index (χ4v) is 4.81. The third kappa shape index (κ3) is 4.41. The predicted molar refractivity (Wildman–Crippen MR) is 124 cm³/mol. The zero-order valence-corrected chi connectivity index (χ0v) is 19.4. The summed E-state index contributed by atoms with van der Waals surface area (Å²) < 4.78 is 11.5. The summed E-state index contributed by atoms with van der Waals surface area (Å²) in [6.45, 7) is 4.16. The number of fused-ring (bicyclic) bond motifs is 2. The first kappa shape index (κ1) is 21.6. The summed E-state index contributed by atoms with van der Waals surface area (Å²) in [5.74, 6) is -0.859. The van der Waals surface area contributed by atoms with Gasteiger partial charge in [0.15, 0.2) is 6.10 Å². The maximum absolute atomic E-state index is 13.3. The second-order valence-electron chi connectivity index (χ2n) is 7.51. The van der Waals surface area contributed by atoms with E-state index in [0.717, 1.165) is 20.8 Å². The molecule has 2 heterocycles. The number of esters is 1. The van der Waals surface area contributed by atoms with Crippen molar-refractivity contribution in [1.29, 1.82) is 0 Å². The molecule has 0 saturated heterocycles. The molecule has 1 aliphatic rings. The smallest absolute Gasteiger partial charge is 0.375 e. The molecule has 1 aliphatic heterocycles. The van der Waals surface area contributed by atoms with Crippen molar-refractivity contribution in [3.63, 3.8) is 0 Å². The summed E-state index contributed by atoms with van der Waals surface area (Å²) in [7, 11) is 0. The van der Waals surface area contributed by atoms with E-state index < -0.39 is 17.7 Å². The molecule has 4 rings (SSSR count). The lowest BCUT2D eigenvalue weighted by Crippen LogP contribution is -2.46. The van der Waals surface area contributed by atoms with Gasteiger partial charge < -0.3 is 14.1 Å². The molecule has 0 saturated carbocycles. The largest absolute Gasteiger partial charge is 0.446 e. The van der Waals surface area contributed by atoms with Crippen LogP contribution in [0.2, 0.25) is 0 Å². The lowest BCUT2D eigenvalue weighted by Gasteiger charge is -2.32. The third-order valence-corrected chi connectivity index (χ3v) is 6.54. The number of carbonyl (C=O) groups is 2. The summed E-state index contributed by atoms with van der Waals surface area (Å²) in [6, 6.07) is 14.2. The van der Waals surface area contributed by atoms with Crippen LogP contribution in [0.25, 0.3) is 10.8 Å². The van der Waals surface area contributed by atoms with Gasteiger partial charge in [0.25, 0.3) is 5.91 Å². The quantitative estimate of drug-likeness (QED) is 0.474. The second kappa shape index (κ2) is 8.88. The van der Waals surface area contributed by atoms with Crippen LogP contribution in [0.4, 0.5) is 5.69 Å². The molecule has 1 atom stereocenters. The Balaban J connectivity index is 1.61. The van der Waals surface area contributed by atoms with Gasteiger partial charge in [0.2, 0.25) is 5.76 Å². The van der Waals surface area contributed by atoms with E-state index >= 15 is 0 Å². The number of nitrogens with zero attached hydrogens (tertiary/aromatic N) is 1. The Labute approximate surface area is 191 Å². The highest BCUT2D eigenvalue weighted by Crippen LogP contribution is 2.35. The normalized spacial score (nSPS) is 14.4. The van der Waals surface area contributed by atoms with E-state index in [4.69, 9.17) is 9.15 Å². The van der Waals surface area contributed by atoms with Crippen LogP contribution >= 0.6 is 27.7 Å². The number of ether oxygens (including phenoxy) is 1. The number of amides is 1. The number of para-hydroxylation sites is 1. The maximum atomic E-state index is 13.3. The van der Waals surface area contributed by atoms with E-state index in [2.05, 4.69) is 15.9 Å². The molecule has 1 aromatic heterocycles. The van der Waals surface area contributed by atoms with Gasteiger partial charge in [-0.3, -0.25) is 4.79 Å². The number of hydrogen-bond acceptors (Lipinski definition) is 6. The van der Waals surface area contributed by atoms with Crippen LogP contribution in [0, 0.1) is 5.92 Å². The van der Waals surface area contributed by atoms with Crippen molar-refractivity contribution < 1.29 is 18.7 Å². The summed E-state index contributed by atoms with van der Waals surface area (Å²) in [6.07, 6.45) is -1.01. The molecule has 0 fully saturated rings. The third-order valence-electron chi connectivity index (χ3n) is 5.00. The van der Waals surface area contributed by atoms with Crippen LogP contribution in [-0.2, 0) is 9.53 Å². The molecule has 1 unspecified atom stereocenters. The van der Waals surface area contributed by atoms with E-state index in [1.165, 1.54) is 6.07 Å². The maximum Gasteiger partial charge on any atom is 0.375 e. The van der Waals surface area contributed by atoms with Crippen LogP contribution in [0.3, 0.4) is 0 Å². The molecule has 0 N–H and O–H groups in total. The Morgan fingerprint density at radius 2 is 1.94 bits per heavy atom. The fraction of sp³-hybridized carbons (Fsp3) is 0.261. The lowest BCUT2D eigenvalue weighted by molar-refractivity contribution is -0.129. The molecule has 0 radical (unpaired) electrons. The van der Waals surface area contributed by atoms with Crippen molar-refractivity contribution in [3.05, 3.63) is 69.2 Å². The second-order valence-corrected chi connectivity index (χ2v) is 9.56. The zero-order valence-electron chi connectivity index (χ0n) is 17.0. The average Bonchev–Trinajstić information content (AvgIpc) is 2.76. The monoisotopic (exact) mass is 501 g/mol. The van der Waals surface area contributed by atoms with E-state index in [-0.39, 0.29) is 17.6 Å². The summed E-state index contributed by atoms with van der Waals surface area (Å²) in [5.41, 5.74) is 0.174. The van der Waals surface area contributed by atoms with Crippen LogP contribution in [0.5, 0.6) is 0 Å². The van der Waals surface area contributed by atoms with Crippen molar-refractivity contribution in [2.45, 2.75) is 24.8 Å². The highest BCUT2D eigenvalue weighted by molar-refractivity contribution is 9.10. The Morgan fingerprint density at radius 1 is 1.16 bits per heavy atom. The van der Waals surface area contributed by atoms with Crippen LogP contribution in [-0.4, -0.2) is 30.3 Å². The van der Waals surface area contributed by atoms with Gasteiger partial charge in [0, 0.05) is 21.7 Å². The minimum Gasteiger partial charge on any atom is -0.446 e. The van der Waals surface area contributed by atoms with E-state index in [1.54, 1.807) is 34.9 Å². The number of thioether (sulfide) groups is 1. The molecule has 0 spiro atoms. The summed E-state index contributed by atoms with van der Waals surface area (Å²) >= 11 is 5.00. The zero-order chi connectivity index (χ0) is 22.1. The number of halogens is 1. The van der Waals surface area contributed by atoms with E-state index in [1.807, 2.05) is 38.1 Å². The van der Waals surface area contributed by atoms with Crippen LogP contribution in [0.15, 0.2) is 67.1 Å². The number of rotatable bonds is 4. The van der Waals surface area contributed by atoms with Crippen molar-refractivity contribution in [2.24, 2.45) is 5.92 Å². The topological polar surface area (TPSA) is 76.8 Å². The van der Waals surface area contributed by atoms with Crippen molar-refractivity contribution in [3.8, 4) is 0 Å². The SMILES string of the molecule is CC(C)C(OC(=O)c1cc2ccc(Br)cc2c(=O)o1)C(=O)N1CCSc2ccccc21. The molecule has 6 nitrogen and oxygen atoms in total.